The molecular formula is C15H27N3O3. The number of urea groups is 1. The molecule has 3 N–H and O–H groups in total. The molecule has 0 saturated carbocycles. The first kappa shape index (κ1) is 17.5. The van der Waals surface area contributed by atoms with Crippen LogP contribution in [0.4, 0.5) is 4.79 Å². The number of hydrogen-bond donors (Lipinski definition) is 3. The smallest absolute Gasteiger partial charge is 0.315 e. The van der Waals surface area contributed by atoms with Crippen molar-refractivity contribution in [3.8, 4) is 0 Å². The van der Waals surface area contributed by atoms with Gasteiger partial charge < -0.3 is 20.3 Å². The van der Waals surface area contributed by atoms with Crippen LogP contribution in [0.25, 0.3) is 0 Å². The topological polar surface area (TPSA) is 87.4 Å². The van der Waals surface area contributed by atoms with Crippen molar-refractivity contribution >= 4 is 6.03 Å². The highest BCUT2D eigenvalue weighted by molar-refractivity contribution is 5.74. The molecule has 6 heteroatoms. The Morgan fingerprint density at radius 2 is 2.05 bits per heavy atom. The largest absolute Gasteiger partial charge is 0.388 e. The van der Waals surface area contributed by atoms with Gasteiger partial charge in [0, 0.05) is 12.1 Å². The Balaban J connectivity index is 2.65. The van der Waals surface area contributed by atoms with Crippen LogP contribution in [0, 0.1) is 19.8 Å². The van der Waals surface area contributed by atoms with Crippen molar-refractivity contribution in [3.05, 3.63) is 17.0 Å². The molecule has 1 rings (SSSR count). The van der Waals surface area contributed by atoms with Crippen molar-refractivity contribution in [1.29, 1.82) is 0 Å². The Kier molecular flexibility index (Phi) is 5.78. The molecule has 6 nitrogen and oxygen atoms in total. The minimum Gasteiger partial charge on any atom is -0.388 e. The molecule has 2 unspecified atom stereocenters. The van der Waals surface area contributed by atoms with Gasteiger partial charge in [-0.15, -0.1) is 0 Å². The summed E-state index contributed by atoms with van der Waals surface area (Å²) in [6.45, 7) is 11.4. The van der Waals surface area contributed by atoms with Gasteiger partial charge in [-0.1, -0.05) is 25.9 Å². The molecule has 0 aliphatic carbocycles. The third-order valence-corrected chi connectivity index (χ3v) is 4.00. The van der Waals surface area contributed by atoms with Gasteiger partial charge in [0.25, 0.3) is 0 Å². The summed E-state index contributed by atoms with van der Waals surface area (Å²) in [5, 5.41) is 19.7. The zero-order valence-corrected chi connectivity index (χ0v) is 13.8. The van der Waals surface area contributed by atoms with Crippen LogP contribution in [0.2, 0.25) is 0 Å². The van der Waals surface area contributed by atoms with Gasteiger partial charge in [-0.25, -0.2) is 4.79 Å². The summed E-state index contributed by atoms with van der Waals surface area (Å²) in [5.41, 5.74) is 0.777. The van der Waals surface area contributed by atoms with Crippen LogP contribution < -0.4 is 10.6 Å². The van der Waals surface area contributed by atoms with Crippen molar-refractivity contribution in [2.45, 2.75) is 59.6 Å². The van der Waals surface area contributed by atoms with Gasteiger partial charge in [0.2, 0.25) is 0 Å². The fourth-order valence-electron chi connectivity index (χ4n) is 2.04. The quantitative estimate of drug-likeness (QED) is 0.752. The van der Waals surface area contributed by atoms with E-state index >= 15 is 0 Å². The van der Waals surface area contributed by atoms with Crippen LogP contribution >= 0.6 is 0 Å². The summed E-state index contributed by atoms with van der Waals surface area (Å²) < 4.78 is 5.14. The van der Waals surface area contributed by atoms with Crippen molar-refractivity contribution in [2.24, 2.45) is 5.92 Å². The predicted molar refractivity (Wildman–Crippen MR) is 81.0 cm³/mol. The van der Waals surface area contributed by atoms with E-state index in [-0.39, 0.29) is 24.5 Å². The predicted octanol–water partition coefficient (Wildman–Crippen LogP) is 2.45. The van der Waals surface area contributed by atoms with Crippen LogP contribution in [0.1, 0.15) is 57.2 Å². The number of carbonyl (C=O) groups excluding carboxylic acids is 1. The lowest BCUT2D eigenvalue weighted by atomic mass is 9.93. The number of aliphatic hydroxyl groups is 1. The normalized spacial score (nSPS) is 15.6. The fraction of sp³-hybridized carbons (Fsp3) is 0.733. The molecule has 0 aromatic carbocycles. The van der Waals surface area contributed by atoms with E-state index in [1.807, 2.05) is 34.6 Å². The van der Waals surface area contributed by atoms with E-state index in [1.165, 1.54) is 0 Å². The van der Waals surface area contributed by atoms with Gasteiger partial charge in [0.05, 0.1) is 17.3 Å². The standard InChI is InChI=1S/C15H27N3O3/c1-7-12(13-10(4)18-21-11(13)5)17-14(19)16-8-15(6,20)9(2)3/h9,12,20H,7-8H2,1-6H3,(H2,16,17,19). The number of aryl methyl sites for hydroxylation is 2. The molecule has 0 bridgehead atoms. The summed E-state index contributed by atoms with van der Waals surface area (Å²) in [6, 6.07) is -0.456. The third kappa shape index (κ3) is 4.46. The summed E-state index contributed by atoms with van der Waals surface area (Å²) >= 11 is 0. The number of aromatic nitrogens is 1. The molecule has 0 fully saturated rings. The number of nitrogens with one attached hydrogen (secondary N) is 2. The molecule has 2 amide bonds. The molecule has 0 saturated heterocycles. The molecule has 1 aromatic heterocycles. The highest BCUT2D eigenvalue weighted by Gasteiger charge is 2.26. The van der Waals surface area contributed by atoms with E-state index in [0.717, 1.165) is 17.7 Å². The van der Waals surface area contributed by atoms with Crippen molar-refractivity contribution < 1.29 is 14.4 Å². The highest BCUT2D eigenvalue weighted by atomic mass is 16.5. The minimum absolute atomic E-state index is 0.0577. The van der Waals surface area contributed by atoms with Gasteiger partial charge in [0.15, 0.2) is 0 Å². The first-order valence-corrected chi connectivity index (χ1v) is 7.38. The number of rotatable bonds is 6. The lowest BCUT2D eigenvalue weighted by molar-refractivity contribution is 0.0165. The van der Waals surface area contributed by atoms with Gasteiger partial charge in [0.1, 0.15) is 5.76 Å². The van der Waals surface area contributed by atoms with Crippen LogP contribution in [0.3, 0.4) is 0 Å². The second-order valence-corrected chi connectivity index (χ2v) is 6.04. The number of hydrogen-bond acceptors (Lipinski definition) is 4. The third-order valence-electron chi connectivity index (χ3n) is 4.00. The Bertz CT molecular complexity index is 461. The van der Waals surface area contributed by atoms with Crippen LogP contribution in [0.5, 0.6) is 0 Å². The molecule has 1 heterocycles. The maximum atomic E-state index is 12.0. The average molecular weight is 297 g/mol. The second kappa shape index (κ2) is 6.93. The van der Waals surface area contributed by atoms with E-state index in [0.29, 0.717) is 5.76 Å². The molecule has 21 heavy (non-hydrogen) atoms. The Morgan fingerprint density at radius 3 is 2.48 bits per heavy atom. The highest BCUT2D eigenvalue weighted by Crippen LogP contribution is 2.23. The Morgan fingerprint density at radius 1 is 1.43 bits per heavy atom. The molecule has 0 aliphatic heterocycles. The molecule has 0 spiro atoms. The summed E-state index contributed by atoms with van der Waals surface area (Å²) in [7, 11) is 0. The number of carbonyl (C=O) groups is 1. The van der Waals surface area contributed by atoms with Crippen LogP contribution in [-0.4, -0.2) is 28.4 Å². The van der Waals surface area contributed by atoms with Gasteiger partial charge >= 0.3 is 6.03 Å². The van der Waals surface area contributed by atoms with Crippen LogP contribution in [0.15, 0.2) is 4.52 Å². The number of amides is 2. The van der Waals surface area contributed by atoms with Gasteiger partial charge in [-0.05, 0) is 33.1 Å². The maximum absolute atomic E-state index is 12.0. The molecule has 120 valence electrons. The summed E-state index contributed by atoms with van der Waals surface area (Å²) in [4.78, 5) is 12.0. The van der Waals surface area contributed by atoms with Crippen molar-refractivity contribution in [2.75, 3.05) is 6.54 Å². The zero-order valence-electron chi connectivity index (χ0n) is 13.8. The molecular weight excluding hydrogens is 270 g/mol. The lowest BCUT2D eigenvalue weighted by Crippen LogP contribution is -2.48. The molecule has 2 atom stereocenters. The zero-order chi connectivity index (χ0) is 16.2. The second-order valence-electron chi connectivity index (χ2n) is 6.04. The monoisotopic (exact) mass is 297 g/mol. The van der Waals surface area contributed by atoms with E-state index in [1.54, 1.807) is 6.92 Å². The molecule has 0 aliphatic rings. The Hall–Kier alpha value is -1.56. The maximum Gasteiger partial charge on any atom is 0.315 e. The van der Waals surface area contributed by atoms with Crippen molar-refractivity contribution in [3.63, 3.8) is 0 Å². The number of nitrogens with zero attached hydrogens (tertiary/aromatic N) is 1. The summed E-state index contributed by atoms with van der Waals surface area (Å²) in [6.07, 6.45) is 0.733. The molecule has 1 aromatic rings. The van der Waals surface area contributed by atoms with Crippen molar-refractivity contribution in [1.82, 2.24) is 15.8 Å². The lowest BCUT2D eigenvalue weighted by Gasteiger charge is -2.28. The molecule has 0 radical (unpaired) electrons. The summed E-state index contributed by atoms with van der Waals surface area (Å²) in [5.74, 6) is 0.774. The van der Waals surface area contributed by atoms with E-state index in [9.17, 15) is 9.90 Å². The SMILES string of the molecule is CCC(NC(=O)NCC(C)(O)C(C)C)c1c(C)noc1C. The fourth-order valence-corrected chi connectivity index (χ4v) is 2.04. The Labute approximate surface area is 126 Å². The first-order chi connectivity index (χ1) is 9.69. The van der Waals surface area contributed by atoms with Gasteiger partial charge in [-0.3, -0.25) is 0 Å². The first-order valence-electron chi connectivity index (χ1n) is 7.38. The van der Waals surface area contributed by atoms with Gasteiger partial charge in [-0.2, -0.15) is 0 Å². The van der Waals surface area contributed by atoms with Crippen LogP contribution in [-0.2, 0) is 0 Å². The minimum atomic E-state index is -0.928. The van der Waals surface area contributed by atoms with E-state index in [2.05, 4.69) is 15.8 Å². The van der Waals surface area contributed by atoms with E-state index < -0.39 is 5.60 Å². The van der Waals surface area contributed by atoms with E-state index in [4.69, 9.17) is 4.52 Å². The average Bonchev–Trinajstić information content (AvgIpc) is 2.73.